The second-order valence-electron chi connectivity index (χ2n) is 7.48. The minimum absolute atomic E-state index is 0.0759. The lowest BCUT2D eigenvalue weighted by molar-refractivity contribution is -0.384. The summed E-state index contributed by atoms with van der Waals surface area (Å²) in [7, 11) is -6.00. The first-order valence-corrected chi connectivity index (χ1v) is 10.5. The zero-order chi connectivity index (χ0) is 25.4. The number of rotatable bonds is 5. The molecular formula is C26H20BF4NO3. The van der Waals surface area contributed by atoms with Crippen LogP contribution in [0, 0.1) is 10.1 Å². The van der Waals surface area contributed by atoms with E-state index in [0.29, 0.717) is 0 Å². The number of nitro groups is 1. The van der Waals surface area contributed by atoms with Crippen LogP contribution in [0.1, 0.15) is 18.2 Å². The molecule has 0 aliphatic carbocycles. The van der Waals surface area contributed by atoms with E-state index in [4.69, 9.17) is 4.42 Å². The fourth-order valence-electron chi connectivity index (χ4n) is 3.25. The lowest BCUT2D eigenvalue weighted by Crippen LogP contribution is -2.02. The van der Waals surface area contributed by atoms with Crippen molar-refractivity contribution in [3.8, 4) is 22.5 Å². The first-order chi connectivity index (χ1) is 16.6. The fourth-order valence-corrected chi connectivity index (χ4v) is 3.25. The lowest BCUT2D eigenvalue weighted by Gasteiger charge is -2.02. The van der Waals surface area contributed by atoms with Gasteiger partial charge >= 0.3 is 18.8 Å². The highest BCUT2D eigenvalue weighted by molar-refractivity contribution is 6.50. The smallest absolute Gasteiger partial charge is 0.418 e. The maximum Gasteiger partial charge on any atom is 0.673 e. The number of nitro benzene ring substituents is 1. The summed E-state index contributed by atoms with van der Waals surface area (Å²) in [5, 5.41) is 10.9. The van der Waals surface area contributed by atoms with Crippen LogP contribution in [0.4, 0.5) is 23.0 Å². The molecule has 4 nitrogen and oxygen atoms in total. The zero-order valence-electron chi connectivity index (χ0n) is 18.6. The average molecular weight is 481 g/mol. The number of hydrogen-bond donors (Lipinski definition) is 0. The first kappa shape index (κ1) is 25.4. The second-order valence-corrected chi connectivity index (χ2v) is 7.48. The predicted molar refractivity (Wildman–Crippen MR) is 131 cm³/mol. The van der Waals surface area contributed by atoms with E-state index in [-0.39, 0.29) is 5.69 Å². The summed E-state index contributed by atoms with van der Waals surface area (Å²) < 4.78 is 45.2. The van der Waals surface area contributed by atoms with Gasteiger partial charge in [-0.25, -0.2) is 4.42 Å². The molecule has 3 aromatic carbocycles. The molecule has 0 saturated carbocycles. The standard InChI is InChI=1S/C26H20NO3.BF4/c1-19(16-20-12-14-24(15-13-20)27(28)29)25-17-23(21-8-4-2-5-9-21)18-26(30-25)22-10-6-3-7-11-22;2-1(3,4)5/h2-18H,1H3;/q+1;-1/b19-16-;. The quantitative estimate of drug-likeness (QED) is 0.0943. The summed E-state index contributed by atoms with van der Waals surface area (Å²) in [5.41, 5.74) is 5.05. The Balaban J connectivity index is 0.000000623. The van der Waals surface area contributed by atoms with Gasteiger partial charge in [0.05, 0.1) is 28.2 Å². The molecule has 0 unspecified atom stereocenters. The van der Waals surface area contributed by atoms with Crippen LogP contribution in [0.15, 0.2) is 101 Å². The normalized spacial score (nSPS) is 11.4. The molecule has 0 spiro atoms. The molecule has 9 heteroatoms. The van der Waals surface area contributed by atoms with Gasteiger partial charge < -0.3 is 17.3 Å². The van der Waals surface area contributed by atoms with Crippen LogP contribution in [0.25, 0.3) is 34.1 Å². The highest BCUT2D eigenvalue weighted by atomic mass is 19.5. The van der Waals surface area contributed by atoms with Gasteiger partial charge in [0.15, 0.2) is 0 Å². The van der Waals surface area contributed by atoms with Crippen LogP contribution in [0.5, 0.6) is 0 Å². The molecule has 35 heavy (non-hydrogen) atoms. The number of halogens is 4. The summed E-state index contributed by atoms with van der Waals surface area (Å²) in [6, 6.07) is 30.7. The van der Waals surface area contributed by atoms with E-state index in [1.807, 2.05) is 73.7 Å². The van der Waals surface area contributed by atoms with Crippen molar-refractivity contribution in [2.24, 2.45) is 0 Å². The highest BCUT2D eigenvalue weighted by Gasteiger charge is 2.21. The number of benzene rings is 3. The third-order valence-electron chi connectivity index (χ3n) is 4.83. The molecule has 4 rings (SSSR count). The fraction of sp³-hybridized carbons (Fsp3) is 0.0385. The van der Waals surface area contributed by atoms with Gasteiger partial charge in [-0.1, -0.05) is 48.5 Å². The van der Waals surface area contributed by atoms with Gasteiger partial charge in [-0.3, -0.25) is 10.1 Å². The summed E-state index contributed by atoms with van der Waals surface area (Å²) in [5.74, 6) is 1.52. The van der Waals surface area contributed by atoms with Crippen molar-refractivity contribution in [2.75, 3.05) is 0 Å². The monoisotopic (exact) mass is 481 g/mol. The minimum atomic E-state index is -6.00. The van der Waals surface area contributed by atoms with Crippen molar-refractivity contribution in [1.82, 2.24) is 0 Å². The summed E-state index contributed by atoms with van der Waals surface area (Å²) in [6.07, 6.45) is 1.96. The summed E-state index contributed by atoms with van der Waals surface area (Å²) in [4.78, 5) is 10.5. The lowest BCUT2D eigenvalue weighted by atomic mass is 10.0. The Morgan fingerprint density at radius 1 is 0.800 bits per heavy atom. The van der Waals surface area contributed by atoms with E-state index in [1.54, 1.807) is 12.1 Å². The van der Waals surface area contributed by atoms with Gasteiger partial charge in [0, 0.05) is 17.7 Å². The Hall–Kier alpha value is -4.27. The van der Waals surface area contributed by atoms with E-state index < -0.39 is 12.2 Å². The number of allylic oxidation sites excluding steroid dienone is 1. The highest BCUT2D eigenvalue weighted by Crippen LogP contribution is 2.31. The van der Waals surface area contributed by atoms with E-state index in [0.717, 1.165) is 39.3 Å². The predicted octanol–water partition coefficient (Wildman–Crippen LogP) is 8.66. The summed E-state index contributed by atoms with van der Waals surface area (Å²) in [6.45, 7) is 1.98. The average Bonchev–Trinajstić information content (AvgIpc) is 2.84. The maximum atomic E-state index is 10.9. The molecular weight excluding hydrogens is 461 g/mol. The van der Waals surface area contributed by atoms with Gasteiger partial charge in [-0.2, -0.15) is 0 Å². The molecule has 0 fully saturated rings. The molecule has 0 aliphatic rings. The molecule has 1 heterocycles. The molecule has 4 aromatic rings. The van der Waals surface area contributed by atoms with Crippen molar-refractivity contribution in [3.05, 3.63) is 118 Å². The largest absolute Gasteiger partial charge is 0.673 e. The van der Waals surface area contributed by atoms with E-state index in [9.17, 15) is 27.4 Å². The summed E-state index contributed by atoms with van der Waals surface area (Å²) >= 11 is 0. The van der Waals surface area contributed by atoms with Crippen LogP contribution in [0.2, 0.25) is 0 Å². The number of nitrogens with zero attached hydrogens (tertiary/aromatic N) is 1. The first-order valence-electron chi connectivity index (χ1n) is 10.5. The van der Waals surface area contributed by atoms with Gasteiger partial charge in [0.2, 0.25) is 0 Å². The Kier molecular flexibility index (Phi) is 8.14. The number of non-ortho nitro benzene ring substituents is 1. The van der Waals surface area contributed by atoms with Gasteiger partial charge in [-0.15, -0.1) is 0 Å². The molecule has 0 atom stereocenters. The molecule has 0 radical (unpaired) electrons. The number of hydrogen-bond acceptors (Lipinski definition) is 2. The zero-order valence-corrected chi connectivity index (χ0v) is 18.6. The van der Waals surface area contributed by atoms with Crippen molar-refractivity contribution < 1.29 is 26.6 Å². The van der Waals surface area contributed by atoms with Crippen molar-refractivity contribution >= 4 is 24.6 Å². The topological polar surface area (TPSA) is 54.4 Å². The van der Waals surface area contributed by atoms with Crippen LogP contribution >= 0.6 is 0 Å². The third-order valence-corrected chi connectivity index (χ3v) is 4.83. The molecule has 0 amide bonds. The Labute approximate surface area is 199 Å². The van der Waals surface area contributed by atoms with Crippen LogP contribution in [-0.4, -0.2) is 12.2 Å². The molecule has 0 N–H and O–H groups in total. The Morgan fingerprint density at radius 3 is 1.83 bits per heavy atom. The molecule has 0 aliphatic heterocycles. The maximum absolute atomic E-state index is 10.9. The molecule has 178 valence electrons. The van der Waals surface area contributed by atoms with E-state index >= 15 is 0 Å². The third kappa shape index (κ3) is 7.92. The van der Waals surface area contributed by atoms with Crippen molar-refractivity contribution in [2.45, 2.75) is 6.92 Å². The Bertz CT molecular complexity index is 1250. The second kappa shape index (κ2) is 11.2. The van der Waals surface area contributed by atoms with Crippen molar-refractivity contribution in [1.29, 1.82) is 0 Å². The van der Waals surface area contributed by atoms with E-state index in [2.05, 4.69) is 12.1 Å². The molecule has 0 saturated heterocycles. The van der Waals surface area contributed by atoms with Gasteiger partial charge in [0.1, 0.15) is 0 Å². The van der Waals surface area contributed by atoms with Gasteiger partial charge in [0.25, 0.3) is 5.69 Å². The molecule has 0 bridgehead atoms. The van der Waals surface area contributed by atoms with Crippen molar-refractivity contribution in [3.63, 3.8) is 0 Å². The SMILES string of the molecule is C/C(=C/c1ccc([N+](=O)[O-])cc1)c1cc(-c2ccccc2)cc(-c2ccccc2)[o+]1.F[B-](F)(F)F. The van der Waals surface area contributed by atoms with Gasteiger partial charge in [-0.05, 0) is 48.4 Å². The molecule has 1 aromatic heterocycles. The van der Waals surface area contributed by atoms with E-state index in [1.165, 1.54) is 12.1 Å². The Morgan fingerprint density at radius 2 is 1.31 bits per heavy atom. The van der Waals surface area contributed by atoms with Crippen LogP contribution < -0.4 is 0 Å². The van der Waals surface area contributed by atoms with Crippen LogP contribution in [0.3, 0.4) is 0 Å². The minimum Gasteiger partial charge on any atom is -0.418 e. The van der Waals surface area contributed by atoms with Crippen LogP contribution in [-0.2, 0) is 0 Å².